The third-order valence-electron chi connectivity index (χ3n) is 3.72. The molecule has 0 saturated heterocycles. The molecule has 0 amide bonds. The van der Waals surface area contributed by atoms with Crippen LogP contribution in [0.5, 0.6) is 0 Å². The highest BCUT2D eigenvalue weighted by Crippen LogP contribution is 2.34. The molecule has 0 atom stereocenters. The summed E-state index contributed by atoms with van der Waals surface area (Å²) in [5.41, 5.74) is 11.2. The topological polar surface area (TPSA) is 80.5 Å². The molecule has 2 aromatic heterocycles. The van der Waals surface area contributed by atoms with E-state index in [1.54, 1.807) is 0 Å². The van der Waals surface area contributed by atoms with Crippen LogP contribution in [0.15, 0.2) is 30.6 Å². The van der Waals surface area contributed by atoms with Gasteiger partial charge in [0, 0.05) is 5.56 Å². The van der Waals surface area contributed by atoms with E-state index in [0.717, 1.165) is 29.5 Å². The van der Waals surface area contributed by atoms with Gasteiger partial charge < -0.3 is 5.73 Å². The highest BCUT2D eigenvalue weighted by Gasteiger charge is 2.17. The lowest BCUT2D eigenvalue weighted by molar-refractivity contribution is 0.984. The Labute approximate surface area is 115 Å². The maximum atomic E-state index is 5.99. The van der Waals surface area contributed by atoms with Crippen LogP contribution in [-0.4, -0.2) is 20.2 Å². The molecule has 0 aliphatic heterocycles. The van der Waals surface area contributed by atoms with Crippen molar-refractivity contribution in [2.24, 2.45) is 0 Å². The lowest BCUT2D eigenvalue weighted by Crippen LogP contribution is -1.98. The van der Waals surface area contributed by atoms with E-state index >= 15 is 0 Å². The summed E-state index contributed by atoms with van der Waals surface area (Å²) in [6.07, 6.45) is 7.89. The monoisotopic (exact) mass is 263 g/mol. The molecule has 0 saturated carbocycles. The highest BCUT2D eigenvalue weighted by atomic mass is 15.2. The van der Waals surface area contributed by atoms with Crippen molar-refractivity contribution in [3.63, 3.8) is 0 Å². The van der Waals surface area contributed by atoms with Crippen LogP contribution in [0.1, 0.15) is 17.5 Å². The molecule has 4 rings (SSSR count). The molecule has 0 fully saturated rings. The van der Waals surface area contributed by atoms with Crippen molar-refractivity contribution in [2.45, 2.75) is 12.8 Å². The number of nitrogen functional groups attached to an aromatic ring is 1. The maximum absolute atomic E-state index is 5.99. The summed E-state index contributed by atoms with van der Waals surface area (Å²) in [5, 5.41) is 8.10. The Morgan fingerprint density at radius 3 is 3.10 bits per heavy atom. The van der Waals surface area contributed by atoms with Crippen LogP contribution < -0.4 is 5.73 Å². The number of aromatic nitrogens is 4. The molecule has 5 heteroatoms. The first kappa shape index (κ1) is 11.2. The highest BCUT2D eigenvalue weighted by molar-refractivity contribution is 5.98. The smallest absolute Gasteiger partial charge is 0.186 e. The normalized spacial score (nSPS) is 13.6. The number of benzene rings is 1. The molecule has 0 bridgehead atoms. The van der Waals surface area contributed by atoms with Crippen LogP contribution in [-0.2, 0) is 6.42 Å². The van der Waals surface area contributed by atoms with Gasteiger partial charge in [-0.3, -0.25) is 5.10 Å². The average molecular weight is 263 g/mol. The Balaban J connectivity index is 2.03. The number of aromatic amines is 1. The number of fused-ring (bicyclic) bond motifs is 2. The standard InChI is InChI=1S/C15H13N5/c16-14-12-13(19-20-15(12)18-8-17-14)11-7-3-5-9-4-1-2-6-10(9)11/h1,3-5,7-8H,2,6H2,(H3,16,17,18,19,20). The number of nitrogens with zero attached hydrogens (tertiary/aromatic N) is 3. The predicted octanol–water partition coefficient (Wildman–Crippen LogP) is 2.56. The first-order valence-electron chi connectivity index (χ1n) is 6.58. The van der Waals surface area contributed by atoms with E-state index < -0.39 is 0 Å². The van der Waals surface area contributed by atoms with Gasteiger partial charge in [-0.1, -0.05) is 30.4 Å². The van der Waals surface area contributed by atoms with Crippen molar-refractivity contribution in [1.82, 2.24) is 20.2 Å². The third-order valence-corrected chi connectivity index (χ3v) is 3.72. The molecule has 5 nitrogen and oxygen atoms in total. The fraction of sp³-hybridized carbons (Fsp3) is 0.133. The van der Waals surface area contributed by atoms with Crippen LogP contribution in [0.25, 0.3) is 28.4 Å². The lowest BCUT2D eigenvalue weighted by atomic mass is 9.91. The second kappa shape index (κ2) is 4.16. The minimum atomic E-state index is 0.461. The van der Waals surface area contributed by atoms with E-state index in [-0.39, 0.29) is 0 Å². The molecular formula is C15H13N5. The second-order valence-electron chi connectivity index (χ2n) is 4.87. The zero-order valence-corrected chi connectivity index (χ0v) is 10.8. The van der Waals surface area contributed by atoms with Crippen molar-refractivity contribution < 1.29 is 0 Å². The molecule has 0 unspecified atom stereocenters. The first-order chi connectivity index (χ1) is 9.84. The number of rotatable bonds is 1. The molecule has 1 aliphatic carbocycles. The van der Waals surface area contributed by atoms with Gasteiger partial charge in [0.1, 0.15) is 12.1 Å². The summed E-state index contributed by atoms with van der Waals surface area (Å²) < 4.78 is 0. The van der Waals surface area contributed by atoms with Crippen LogP contribution in [0.4, 0.5) is 5.82 Å². The largest absolute Gasteiger partial charge is 0.383 e. The summed E-state index contributed by atoms with van der Waals surface area (Å²) in [5.74, 6) is 0.461. The number of hydrogen-bond donors (Lipinski definition) is 2. The molecule has 0 spiro atoms. The molecule has 2 heterocycles. The fourth-order valence-corrected chi connectivity index (χ4v) is 2.79. The van der Waals surface area contributed by atoms with Crippen LogP contribution >= 0.6 is 0 Å². The summed E-state index contributed by atoms with van der Waals surface area (Å²) >= 11 is 0. The van der Waals surface area contributed by atoms with Crippen molar-refractivity contribution in [3.05, 3.63) is 41.7 Å². The van der Waals surface area contributed by atoms with Gasteiger partial charge in [-0.05, 0) is 24.0 Å². The van der Waals surface area contributed by atoms with Gasteiger partial charge in [-0.25, -0.2) is 9.97 Å². The minimum Gasteiger partial charge on any atom is -0.383 e. The molecule has 1 aromatic carbocycles. The minimum absolute atomic E-state index is 0.461. The zero-order chi connectivity index (χ0) is 13.5. The van der Waals surface area contributed by atoms with Crippen LogP contribution in [0.2, 0.25) is 0 Å². The van der Waals surface area contributed by atoms with Crippen molar-refractivity contribution >= 4 is 22.9 Å². The molecule has 0 radical (unpaired) electrons. The predicted molar refractivity (Wildman–Crippen MR) is 78.9 cm³/mol. The average Bonchev–Trinajstić information content (AvgIpc) is 2.92. The van der Waals surface area contributed by atoms with E-state index in [4.69, 9.17) is 5.73 Å². The summed E-state index contributed by atoms with van der Waals surface area (Å²) in [6.45, 7) is 0. The van der Waals surface area contributed by atoms with Gasteiger partial charge in [-0.2, -0.15) is 5.10 Å². The van der Waals surface area contributed by atoms with E-state index in [2.05, 4.69) is 50.5 Å². The van der Waals surface area contributed by atoms with Crippen molar-refractivity contribution in [1.29, 1.82) is 0 Å². The summed E-state index contributed by atoms with van der Waals surface area (Å²) in [7, 11) is 0. The van der Waals surface area contributed by atoms with E-state index in [0.29, 0.717) is 11.5 Å². The first-order valence-corrected chi connectivity index (χ1v) is 6.58. The Bertz CT molecular complexity index is 831. The maximum Gasteiger partial charge on any atom is 0.186 e. The Kier molecular flexibility index (Phi) is 2.32. The number of nitrogens with one attached hydrogen (secondary N) is 1. The van der Waals surface area contributed by atoms with Crippen molar-refractivity contribution in [3.8, 4) is 11.3 Å². The molecule has 98 valence electrons. The number of anilines is 1. The lowest BCUT2D eigenvalue weighted by Gasteiger charge is -2.14. The molecular weight excluding hydrogens is 250 g/mol. The van der Waals surface area contributed by atoms with E-state index in [1.165, 1.54) is 17.5 Å². The van der Waals surface area contributed by atoms with Crippen LogP contribution in [0.3, 0.4) is 0 Å². The van der Waals surface area contributed by atoms with Gasteiger partial charge in [0.25, 0.3) is 0 Å². The molecule has 20 heavy (non-hydrogen) atoms. The van der Waals surface area contributed by atoms with Gasteiger partial charge in [-0.15, -0.1) is 0 Å². The molecule has 3 aromatic rings. The van der Waals surface area contributed by atoms with Crippen LogP contribution in [0, 0.1) is 0 Å². The number of H-pyrrole nitrogens is 1. The Morgan fingerprint density at radius 1 is 1.20 bits per heavy atom. The second-order valence-corrected chi connectivity index (χ2v) is 4.87. The number of nitrogens with two attached hydrogens (primary N) is 1. The Hall–Kier alpha value is -2.69. The van der Waals surface area contributed by atoms with Gasteiger partial charge in [0.2, 0.25) is 0 Å². The quantitative estimate of drug-likeness (QED) is 0.707. The number of hydrogen-bond acceptors (Lipinski definition) is 4. The molecule has 3 N–H and O–H groups in total. The summed E-state index contributed by atoms with van der Waals surface area (Å²) in [4.78, 5) is 8.22. The van der Waals surface area contributed by atoms with Crippen molar-refractivity contribution in [2.75, 3.05) is 5.73 Å². The van der Waals surface area contributed by atoms with Gasteiger partial charge in [0.05, 0.1) is 11.1 Å². The van der Waals surface area contributed by atoms with Gasteiger partial charge in [0.15, 0.2) is 5.65 Å². The summed E-state index contributed by atoms with van der Waals surface area (Å²) in [6, 6.07) is 6.28. The fourth-order valence-electron chi connectivity index (χ4n) is 2.79. The third kappa shape index (κ3) is 1.53. The van der Waals surface area contributed by atoms with E-state index in [1.807, 2.05) is 0 Å². The molecule has 1 aliphatic rings. The Morgan fingerprint density at radius 2 is 2.15 bits per heavy atom. The van der Waals surface area contributed by atoms with Gasteiger partial charge >= 0.3 is 0 Å². The SMILES string of the molecule is Nc1ncnc2n[nH]c(-c3cccc4c3CCC=C4)c12. The number of allylic oxidation sites excluding steroid dienone is 1. The zero-order valence-electron chi connectivity index (χ0n) is 10.8. The van der Waals surface area contributed by atoms with E-state index in [9.17, 15) is 0 Å².